The molecule has 3 aromatic rings. The molecule has 0 amide bonds. The van der Waals surface area contributed by atoms with Gasteiger partial charge in [-0.2, -0.15) is 0 Å². The van der Waals surface area contributed by atoms with Crippen LogP contribution < -0.4 is 10.2 Å². The van der Waals surface area contributed by atoms with E-state index in [9.17, 15) is 40.5 Å². The van der Waals surface area contributed by atoms with Gasteiger partial charge in [0.25, 0.3) is 0 Å². The number of fused-ring (bicyclic) bond motifs is 1. The van der Waals surface area contributed by atoms with E-state index in [2.05, 4.69) is 0 Å². The third-order valence-electron chi connectivity index (χ3n) is 5.14. The van der Waals surface area contributed by atoms with E-state index >= 15 is 0 Å². The number of rotatable bonds is 4. The van der Waals surface area contributed by atoms with Gasteiger partial charge in [0.05, 0.1) is 6.61 Å². The van der Waals surface area contributed by atoms with E-state index in [0.717, 1.165) is 12.1 Å². The van der Waals surface area contributed by atoms with Crippen LogP contribution in [0.3, 0.4) is 0 Å². The number of aromatic hydroxyl groups is 3. The van der Waals surface area contributed by atoms with Crippen molar-refractivity contribution in [2.24, 2.45) is 0 Å². The van der Waals surface area contributed by atoms with Gasteiger partial charge in [-0.25, -0.2) is 0 Å². The maximum atomic E-state index is 12.5. The quantitative estimate of drug-likeness (QED) is 0.261. The maximum absolute atomic E-state index is 12.5. The fraction of sp³-hybridized carbons (Fsp3) is 0.286. The monoisotopic (exact) mass is 448 g/mol. The molecule has 1 fully saturated rings. The highest BCUT2D eigenvalue weighted by Gasteiger charge is 2.44. The van der Waals surface area contributed by atoms with Crippen LogP contribution in [0.2, 0.25) is 0 Å². The molecule has 0 radical (unpaired) electrons. The number of hydrogen-bond acceptors (Lipinski definition) is 11. The first-order valence-electron chi connectivity index (χ1n) is 9.50. The van der Waals surface area contributed by atoms with Crippen LogP contribution in [0, 0.1) is 0 Å². The largest absolute Gasteiger partial charge is 0.507 e. The zero-order valence-corrected chi connectivity index (χ0v) is 16.3. The van der Waals surface area contributed by atoms with E-state index in [0.29, 0.717) is 0 Å². The lowest BCUT2D eigenvalue weighted by Crippen LogP contribution is -2.60. The van der Waals surface area contributed by atoms with Crippen molar-refractivity contribution in [3.63, 3.8) is 0 Å². The molecule has 11 nitrogen and oxygen atoms in total. The Bertz CT molecular complexity index is 1200. The summed E-state index contributed by atoms with van der Waals surface area (Å²) in [5, 5.41) is 68.5. The molecule has 2 aromatic carbocycles. The van der Waals surface area contributed by atoms with E-state index in [1.165, 1.54) is 24.3 Å². The van der Waals surface area contributed by atoms with E-state index in [4.69, 9.17) is 13.9 Å². The number of aliphatic hydroxyl groups is 4. The minimum atomic E-state index is -1.68. The van der Waals surface area contributed by atoms with Gasteiger partial charge in [0, 0.05) is 23.8 Å². The number of hydrogen-bond donors (Lipinski definition) is 7. The molecule has 0 bridgehead atoms. The Balaban J connectivity index is 1.72. The Morgan fingerprint density at radius 3 is 2.31 bits per heavy atom. The Morgan fingerprint density at radius 2 is 1.62 bits per heavy atom. The first-order chi connectivity index (χ1) is 15.2. The normalized spacial score (nSPS) is 25.7. The van der Waals surface area contributed by atoms with Gasteiger partial charge in [0.1, 0.15) is 52.6 Å². The molecule has 1 aliphatic heterocycles. The second-order valence-electron chi connectivity index (χ2n) is 7.31. The minimum absolute atomic E-state index is 0.0298. The number of aliphatic hydroxyl groups excluding tert-OH is 4. The van der Waals surface area contributed by atoms with Crippen molar-refractivity contribution in [2.75, 3.05) is 6.61 Å². The van der Waals surface area contributed by atoms with Crippen molar-refractivity contribution >= 4 is 11.0 Å². The lowest BCUT2D eigenvalue weighted by molar-refractivity contribution is -0.277. The van der Waals surface area contributed by atoms with E-state index in [1.807, 2.05) is 0 Å². The van der Waals surface area contributed by atoms with Gasteiger partial charge < -0.3 is 49.6 Å². The molecule has 5 atom stereocenters. The van der Waals surface area contributed by atoms with Crippen molar-refractivity contribution in [2.45, 2.75) is 30.7 Å². The van der Waals surface area contributed by atoms with Crippen molar-refractivity contribution in [1.29, 1.82) is 0 Å². The molecule has 170 valence electrons. The highest BCUT2D eigenvalue weighted by molar-refractivity contribution is 5.86. The van der Waals surface area contributed by atoms with Crippen LogP contribution in [0.25, 0.3) is 22.3 Å². The van der Waals surface area contributed by atoms with Crippen LogP contribution in [-0.4, -0.2) is 73.1 Å². The molecule has 7 N–H and O–H groups in total. The fourth-order valence-electron chi connectivity index (χ4n) is 3.43. The van der Waals surface area contributed by atoms with E-state index in [-0.39, 0.29) is 33.8 Å². The number of phenols is 3. The number of benzene rings is 2. The molecule has 0 aliphatic carbocycles. The first kappa shape index (κ1) is 21.9. The third kappa shape index (κ3) is 3.83. The molecule has 1 saturated heterocycles. The van der Waals surface area contributed by atoms with Crippen LogP contribution in [0.1, 0.15) is 0 Å². The molecule has 2 heterocycles. The highest BCUT2D eigenvalue weighted by Crippen LogP contribution is 2.35. The molecule has 4 rings (SSSR count). The van der Waals surface area contributed by atoms with Gasteiger partial charge >= 0.3 is 0 Å². The predicted octanol–water partition coefficient (Wildman–Crippen LogP) is -0.245. The van der Waals surface area contributed by atoms with Crippen LogP contribution in [0.5, 0.6) is 23.0 Å². The summed E-state index contributed by atoms with van der Waals surface area (Å²) < 4.78 is 16.4. The van der Waals surface area contributed by atoms with Gasteiger partial charge in [0.2, 0.25) is 6.29 Å². The predicted molar refractivity (Wildman–Crippen MR) is 107 cm³/mol. The molecular weight excluding hydrogens is 428 g/mol. The lowest BCUT2D eigenvalue weighted by Gasteiger charge is -2.39. The van der Waals surface area contributed by atoms with Crippen LogP contribution in [0.15, 0.2) is 45.6 Å². The van der Waals surface area contributed by atoms with Gasteiger partial charge in [0.15, 0.2) is 16.9 Å². The van der Waals surface area contributed by atoms with Crippen LogP contribution in [0.4, 0.5) is 0 Å². The van der Waals surface area contributed by atoms with E-state index in [1.54, 1.807) is 0 Å². The van der Waals surface area contributed by atoms with Crippen LogP contribution in [-0.2, 0) is 4.74 Å². The molecule has 11 heteroatoms. The van der Waals surface area contributed by atoms with Crippen molar-refractivity contribution in [3.05, 3.63) is 46.6 Å². The summed E-state index contributed by atoms with van der Waals surface area (Å²) in [5.41, 5.74) is -0.413. The second-order valence-corrected chi connectivity index (χ2v) is 7.31. The lowest BCUT2D eigenvalue weighted by atomic mass is 9.99. The van der Waals surface area contributed by atoms with Crippen LogP contribution >= 0.6 is 0 Å². The Hall–Kier alpha value is -3.35. The van der Waals surface area contributed by atoms with Gasteiger partial charge in [-0.05, 0) is 18.2 Å². The first-order valence-corrected chi connectivity index (χ1v) is 9.50. The molecule has 1 aliphatic rings. The summed E-state index contributed by atoms with van der Waals surface area (Å²) in [6.07, 6.45) is -7.61. The van der Waals surface area contributed by atoms with Crippen molar-refractivity contribution in [1.82, 2.24) is 0 Å². The maximum Gasteiger partial charge on any atom is 0.229 e. The van der Waals surface area contributed by atoms with Crippen molar-refractivity contribution < 1.29 is 49.6 Å². The van der Waals surface area contributed by atoms with E-state index < -0.39 is 54.2 Å². The van der Waals surface area contributed by atoms with Gasteiger partial charge in [-0.3, -0.25) is 4.79 Å². The number of phenolic OH excluding ortho intramolecular Hbond substituents is 3. The zero-order valence-electron chi connectivity index (χ0n) is 16.3. The summed E-state index contributed by atoms with van der Waals surface area (Å²) >= 11 is 0. The van der Waals surface area contributed by atoms with Gasteiger partial charge in [-0.15, -0.1) is 0 Å². The fourth-order valence-corrected chi connectivity index (χ4v) is 3.43. The topological polar surface area (TPSA) is 190 Å². The standard InChI is InChI=1S/C21H20O11/c22-7-16-18(27)19(28)20(29)21(32-16)30-9-4-12(25)17-13(26)6-14(31-15(17)5-9)8-1-2-10(23)11(24)3-8/h1-6,16,18-25,27-29H,7H2/t16-,18-,19+,20-,21+/m0/s1. The molecular formula is C21H20O11. The summed E-state index contributed by atoms with van der Waals surface area (Å²) in [4.78, 5) is 12.5. The second kappa shape index (κ2) is 8.30. The molecule has 0 saturated carbocycles. The molecule has 0 spiro atoms. The molecule has 32 heavy (non-hydrogen) atoms. The smallest absolute Gasteiger partial charge is 0.229 e. The van der Waals surface area contributed by atoms with Gasteiger partial charge in [-0.1, -0.05) is 0 Å². The SMILES string of the molecule is O=c1cc(-c2ccc(O)c(O)c2)oc2cc(O[C@@H]3O[C@@H](CO)[C@H](O)[C@@H](O)[C@@H]3O)cc(O)c12. The Morgan fingerprint density at radius 1 is 0.875 bits per heavy atom. The highest BCUT2D eigenvalue weighted by atomic mass is 16.7. The number of ether oxygens (including phenoxy) is 2. The third-order valence-corrected chi connectivity index (χ3v) is 5.14. The summed E-state index contributed by atoms with van der Waals surface area (Å²) in [6, 6.07) is 7.23. The van der Waals surface area contributed by atoms with Crippen molar-refractivity contribution in [3.8, 4) is 34.3 Å². The molecule has 1 aromatic heterocycles. The Labute approximate surface area is 179 Å². The minimum Gasteiger partial charge on any atom is -0.507 e. The Kier molecular flexibility index (Phi) is 5.67. The zero-order chi connectivity index (χ0) is 23.2. The summed E-state index contributed by atoms with van der Waals surface area (Å²) in [7, 11) is 0. The molecule has 0 unspecified atom stereocenters. The average Bonchev–Trinajstić information content (AvgIpc) is 2.75. The summed E-state index contributed by atoms with van der Waals surface area (Å²) in [6.45, 7) is -0.647. The average molecular weight is 448 g/mol. The summed E-state index contributed by atoms with van der Waals surface area (Å²) in [5.74, 6) is -1.34.